The van der Waals surface area contributed by atoms with Gasteiger partial charge in [0.15, 0.2) is 5.69 Å². The molecule has 33 heavy (non-hydrogen) atoms. The smallest absolute Gasteiger partial charge is 0.408 e. The number of hydrogen-bond acceptors (Lipinski definition) is 5. The average Bonchev–Trinajstić information content (AvgIpc) is 3.29. The van der Waals surface area contributed by atoms with E-state index in [0.29, 0.717) is 0 Å². The largest absolute Gasteiger partial charge is 0.476 e. The molecule has 0 atom stereocenters. The number of nitrogens with one attached hydrogen (secondary N) is 2. The molecule has 170 valence electrons. The second-order valence-corrected chi connectivity index (χ2v) is 8.37. The van der Waals surface area contributed by atoms with Crippen LogP contribution in [0, 0.1) is 0 Å². The van der Waals surface area contributed by atoms with E-state index in [2.05, 4.69) is 15.7 Å². The van der Waals surface area contributed by atoms with Gasteiger partial charge in [-0.15, -0.1) is 0 Å². The number of carbonyl (C=O) groups is 3. The van der Waals surface area contributed by atoms with Crippen molar-refractivity contribution in [1.29, 1.82) is 0 Å². The molecule has 1 aliphatic rings. The molecular weight excluding hydrogens is 424 g/mol. The van der Waals surface area contributed by atoms with Gasteiger partial charge < -0.3 is 20.5 Å². The van der Waals surface area contributed by atoms with Crippen molar-refractivity contribution in [2.24, 2.45) is 7.05 Å². The number of hydrogen-bond donors (Lipinski definition) is 3. The maximum atomic E-state index is 12.7. The van der Waals surface area contributed by atoms with Crippen LogP contribution in [0.15, 0.2) is 54.7 Å². The lowest BCUT2D eigenvalue weighted by molar-refractivity contribution is -0.121. The van der Waals surface area contributed by atoms with E-state index in [1.807, 2.05) is 48.5 Å². The Balaban J connectivity index is 1.42. The number of aromatic nitrogens is 2. The van der Waals surface area contributed by atoms with Crippen LogP contribution in [-0.4, -0.2) is 45.0 Å². The maximum absolute atomic E-state index is 12.7. The highest BCUT2D eigenvalue weighted by Crippen LogP contribution is 2.44. The van der Waals surface area contributed by atoms with Crippen molar-refractivity contribution in [3.8, 4) is 11.1 Å². The summed E-state index contributed by atoms with van der Waals surface area (Å²) in [5.74, 6) is -1.94. The minimum Gasteiger partial charge on any atom is -0.476 e. The van der Waals surface area contributed by atoms with Crippen LogP contribution in [0.3, 0.4) is 0 Å². The summed E-state index contributed by atoms with van der Waals surface area (Å²) in [6, 6.07) is 16.0. The van der Waals surface area contributed by atoms with E-state index in [0.717, 1.165) is 26.9 Å². The molecule has 4 rings (SSSR count). The molecule has 0 radical (unpaired) electrons. The van der Waals surface area contributed by atoms with Gasteiger partial charge in [0.1, 0.15) is 12.1 Å². The van der Waals surface area contributed by atoms with E-state index in [1.54, 1.807) is 0 Å². The highest BCUT2D eigenvalue weighted by Gasteiger charge is 2.33. The number of aromatic carboxylic acids is 1. The van der Waals surface area contributed by atoms with Gasteiger partial charge in [-0.25, -0.2) is 9.59 Å². The number of alkyl carbamates (subject to hydrolysis) is 1. The van der Waals surface area contributed by atoms with E-state index < -0.39 is 23.5 Å². The van der Waals surface area contributed by atoms with Crippen LogP contribution >= 0.6 is 0 Å². The molecular formula is C24H24N4O5. The molecule has 0 fully saturated rings. The molecule has 0 bridgehead atoms. The van der Waals surface area contributed by atoms with Gasteiger partial charge in [-0.05, 0) is 36.1 Å². The molecule has 0 saturated heterocycles. The zero-order chi connectivity index (χ0) is 23.8. The van der Waals surface area contributed by atoms with Gasteiger partial charge in [-0.1, -0.05) is 48.5 Å². The molecule has 1 heterocycles. The first-order valence-electron chi connectivity index (χ1n) is 10.4. The number of fused-ring (bicyclic) bond motifs is 3. The maximum Gasteiger partial charge on any atom is 0.408 e. The summed E-state index contributed by atoms with van der Waals surface area (Å²) in [6.45, 7) is 3.12. The van der Waals surface area contributed by atoms with Crippen molar-refractivity contribution < 1.29 is 24.2 Å². The summed E-state index contributed by atoms with van der Waals surface area (Å²) in [6.07, 6.45) is 0.492. The Morgan fingerprint density at radius 1 is 1.06 bits per heavy atom. The summed E-state index contributed by atoms with van der Waals surface area (Å²) in [5, 5.41) is 18.2. The number of benzene rings is 2. The fraction of sp³-hybridized carbons (Fsp3) is 0.250. The Kier molecular flexibility index (Phi) is 5.63. The quantitative estimate of drug-likeness (QED) is 0.531. The fourth-order valence-electron chi connectivity index (χ4n) is 4.01. The van der Waals surface area contributed by atoms with Crippen LogP contribution in [0.1, 0.15) is 41.4 Å². The molecule has 1 aliphatic carbocycles. The molecule has 0 spiro atoms. The van der Waals surface area contributed by atoms with E-state index >= 15 is 0 Å². The molecule has 0 saturated carbocycles. The first kappa shape index (κ1) is 22.1. The lowest BCUT2D eigenvalue weighted by Crippen LogP contribution is -2.52. The predicted octanol–water partition coefficient (Wildman–Crippen LogP) is 3.37. The van der Waals surface area contributed by atoms with Crippen molar-refractivity contribution in [1.82, 2.24) is 15.1 Å². The normalized spacial score (nSPS) is 12.6. The predicted molar refractivity (Wildman–Crippen MR) is 121 cm³/mol. The first-order chi connectivity index (χ1) is 15.7. The van der Waals surface area contributed by atoms with E-state index in [4.69, 9.17) is 4.74 Å². The zero-order valence-electron chi connectivity index (χ0n) is 18.5. The number of amides is 2. The monoisotopic (exact) mass is 448 g/mol. The van der Waals surface area contributed by atoms with Crippen molar-refractivity contribution in [3.05, 3.63) is 71.5 Å². The van der Waals surface area contributed by atoms with Gasteiger partial charge in [0, 0.05) is 13.0 Å². The molecule has 0 aliphatic heterocycles. The lowest BCUT2D eigenvalue weighted by atomic mass is 9.98. The van der Waals surface area contributed by atoms with Crippen LogP contribution in [-0.2, 0) is 16.6 Å². The van der Waals surface area contributed by atoms with Gasteiger partial charge in [0.25, 0.3) is 0 Å². The van der Waals surface area contributed by atoms with Crippen LogP contribution in [0.5, 0.6) is 0 Å². The summed E-state index contributed by atoms with van der Waals surface area (Å²) in [7, 11) is 1.46. The fourth-order valence-corrected chi connectivity index (χ4v) is 4.01. The van der Waals surface area contributed by atoms with Gasteiger partial charge in [-0.3, -0.25) is 9.48 Å². The minimum absolute atomic E-state index is 0.0393. The SMILES string of the molecule is Cn1ncc(NC(=O)C(C)(C)NC(=O)OCC2c3ccccc3-c3ccccc32)c1C(=O)O. The number of carboxylic acids is 1. The summed E-state index contributed by atoms with van der Waals surface area (Å²) < 4.78 is 6.64. The molecule has 3 aromatic rings. The van der Waals surface area contributed by atoms with Crippen molar-refractivity contribution in [2.75, 3.05) is 11.9 Å². The third-order valence-electron chi connectivity index (χ3n) is 5.72. The molecule has 2 amide bonds. The molecule has 9 nitrogen and oxygen atoms in total. The van der Waals surface area contributed by atoms with Gasteiger partial charge >= 0.3 is 12.1 Å². The molecule has 2 aromatic carbocycles. The second-order valence-electron chi connectivity index (χ2n) is 8.37. The standard InChI is InChI=1S/C24H24N4O5/c1-24(2,22(31)26-19-12-25-28(3)20(19)21(29)30)27-23(32)33-13-18-16-10-6-4-8-14(16)15-9-5-7-11-17(15)18/h4-12,18H,13H2,1-3H3,(H,26,31)(H,27,32)(H,29,30). The number of nitrogens with zero attached hydrogens (tertiary/aromatic N) is 2. The summed E-state index contributed by atoms with van der Waals surface area (Å²) in [4.78, 5) is 36.7. The van der Waals surface area contributed by atoms with Crippen molar-refractivity contribution in [3.63, 3.8) is 0 Å². The lowest BCUT2D eigenvalue weighted by Gasteiger charge is -2.25. The van der Waals surface area contributed by atoms with Gasteiger partial charge in [-0.2, -0.15) is 5.10 Å². The van der Waals surface area contributed by atoms with Gasteiger partial charge in [0.2, 0.25) is 5.91 Å². The molecule has 3 N–H and O–H groups in total. The zero-order valence-corrected chi connectivity index (χ0v) is 18.5. The Labute approximate surface area is 190 Å². The Hall–Kier alpha value is -4.14. The minimum atomic E-state index is -1.37. The molecule has 1 aromatic heterocycles. The average molecular weight is 448 g/mol. The van der Waals surface area contributed by atoms with Crippen LogP contribution in [0.2, 0.25) is 0 Å². The van der Waals surface area contributed by atoms with Crippen LogP contribution in [0.4, 0.5) is 10.5 Å². The van der Waals surface area contributed by atoms with Gasteiger partial charge in [0.05, 0.1) is 11.9 Å². The number of rotatable bonds is 6. The van der Waals surface area contributed by atoms with Crippen LogP contribution < -0.4 is 10.6 Å². The number of aryl methyl sites for hydroxylation is 1. The first-order valence-corrected chi connectivity index (χ1v) is 10.4. The van der Waals surface area contributed by atoms with Crippen molar-refractivity contribution in [2.45, 2.75) is 25.3 Å². The third-order valence-corrected chi connectivity index (χ3v) is 5.72. The highest BCUT2D eigenvalue weighted by atomic mass is 16.5. The van der Waals surface area contributed by atoms with E-state index in [1.165, 1.54) is 27.1 Å². The second kappa shape index (κ2) is 8.42. The summed E-state index contributed by atoms with van der Waals surface area (Å²) >= 11 is 0. The van der Waals surface area contributed by atoms with Crippen molar-refractivity contribution >= 4 is 23.7 Å². The topological polar surface area (TPSA) is 123 Å². The van der Waals surface area contributed by atoms with E-state index in [9.17, 15) is 19.5 Å². The molecule has 9 heteroatoms. The Bertz CT molecular complexity index is 1200. The number of anilines is 1. The Morgan fingerprint density at radius 2 is 1.64 bits per heavy atom. The van der Waals surface area contributed by atoms with Crippen LogP contribution in [0.25, 0.3) is 11.1 Å². The third kappa shape index (κ3) is 4.17. The highest BCUT2D eigenvalue weighted by molar-refractivity contribution is 6.03. The van der Waals surface area contributed by atoms with E-state index in [-0.39, 0.29) is 23.9 Å². The number of carbonyl (C=O) groups excluding carboxylic acids is 2. The number of ether oxygens (including phenoxy) is 1. The summed E-state index contributed by atoms with van der Waals surface area (Å²) in [5.41, 5.74) is 2.91. The molecule has 0 unspecified atom stereocenters. The number of carboxylic acid groups (broad SMARTS) is 1. The Morgan fingerprint density at radius 3 is 2.21 bits per heavy atom.